The minimum Gasteiger partial charge on any atom is -0.466 e. The number of halogens is 1. The number of anilines is 1. The Labute approximate surface area is 214 Å². The second kappa shape index (κ2) is 13.5. The fourth-order valence-electron chi connectivity index (χ4n) is 3.23. The summed E-state index contributed by atoms with van der Waals surface area (Å²) in [5, 5.41) is 11.6. The molecule has 0 unspecified atom stereocenters. The number of aromatic nitrogens is 1. The average Bonchev–Trinajstić information content (AvgIpc) is 3.23. The van der Waals surface area contributed by atoms with Crippen LogP contribution in [-0.4, -0.2) is 47.5 Å². The fraction of sp³-hybridized carbons (Fsp3) is 0.333. The van der Waals surface area contributed by atoms with Gasteiger partial charge in [-0.2, -0.15) is 0 Å². The third kappa shape index (κ3) is 8.11. The van der Waals surface area contributed by atoms with Gasteiger partial charge >= 0.3 is 12.1 Å². The Morgan fingerprint density at radius 1 is 1.14 bits per heavy atom. The highest BCUT2D eigenvalue weighted by molar-refractivity contribution is 7.18. The summed E-state index contributed by atoms with van der Waals surface area (Å²) in [6, 6.07) is 12.7. The van der Waals surface area contributed by atoms with E-state index in [1.165, 1.54) is 4.90 Å². The Morgan fingerprint density at radius 2 is 1.89 bits per heavy atom. The van der Waals surface area contributed by atoms with Gasteiger partial charge in [-0.05, 0) is 49.7 Å². The predicted octanol–water partition coefficient (Wildman–Crippen LogP) is 4.78. The number of ether oxygens (including phenoxy) is 2. The van der Waals surface area contributed by atoms with Crippen LogP contribution in [0.3, 0.4) is 0 Å². The SMILES string of the molecule is CCCN(CCC(=O)OCC)C(=O)Oc1ccc2sc(CNc3ccc(C(=N)N)cc3)nc2c1.Cl. The number of nitrogens with zero attached hydrogens (tertiary/aromatic N) is 2. The molecule has 0 saturated heterocycles. The summed E-state index contributed by atoms with van der Waals surface area (Å²) in [7, 11) is 0. The van der Waals surface area contributed by atoms with Crippen molar-refractivity contribution in [1.82, 2.24) is 9.88 Å². The van der Waals surface area contributed by atoms with Crippen LogP contribution in [0.1, 0.15) is 37.3 Å². The summed E-state index contributed by atoms with van der Waals surface area (Å²) < 4.78 is 11.5. The van der Waals surface area contributed by atoms with E-state index < -0.39 is 6.09 Å². The van der Waals surface area contributed by atoms with Gasteiger partial charge in [-0.1, -0.05) is 6.92 Å². The molecule has 188 valence electrons. The molecule has 3 aromatic rings. The molecule has 0 fully saturated rings. The molecule has 0 aliphatic heterocycles. The Kier molecular flexibility index (Phi) is 10.8. The molecule has 2 aromatic carbocycles. The molecular formula is C24H30ClN5O4S. The highest BCUT2D eigenvalue weighted by Crippen LogP contribution is 2.27. The van der Waals surface area contributed by atoms with Crippen molar-refractivity contribution in [2.45, 2.75) is 33.2 Å². The van der Waals surface area contributed by atoms with Gasteiger partial charge in [-0.25, -0.2) is 9.78 Å². The number of fused-ring (bicyclic) bond motifs is 1. The first-order valence-corrected chi connectivity index (χ1v) is 11.9. The molecule has 1 heterocycles. The fourth-order valence-corrected chi connectivity index (χ4v) is 4.12. The van der Waals surface area contributed by atoms with E-state index in [2.05, 4.69) is 10.3 Å². The van der Waals surface area contributed by atoms with Gasteiger partial charge in [-0.15, -0.1) is 23.7 Å². The molecule has 0 radical (unpaired) electrons. The number of amidine groups is 1. The molecule has 0 aliphatic carbocycles. The summed E-state index contributed by atoms with van der Waals surface area (Å²) in [4.78, 5) is 30.4. The van der Waals surface area contributed by atoms with Crippen LogP contribution in [0, 0.1) is 5.41 Å². The first-order chi connectivity index (χ1) is 16.4. The van der Waals surface area contributed by atoms with Gasteiger partial charge in [0, 0.05) is 30.4 Å². The van der Waals surface area contributed by atoms with E-state index in [-0.39, 0.29) is 37.2 Å². The van der Waals surface area contributed by atoms with Crippen LogP contribution in [-0.2, 0) is 16.1 Å². The van der Waals surface area contributed by atoms with Crippen LogP contribution in [0.25, 0.3) is 10.2 Å². The molecule has 35 heavy (non-hydrogen) atoms. The number of amides is 1. The van der Waals surface area contributed by atoms with Gasteiger partial charge in [0.05, 0.1) is 29.8 Å². The number of hydrogen-bond acceptors (Lipinski definition) is 8. The number of hydrogen-bond donors (Lipinski definition) is 3. The molecule has 11 heteroatoms. The van der Waals surface area contributed by atoms with Gasteiger partial charge in [0.1, 0.15) is 16.6 Å². The molecular weight excluding hydrogens is 490 g/mol. The lowest BCUT2D eigenvalue weighted by Gasteiger charge is -2.20. The van der Waals surface area contributed by atoms with Crippen molar-refractivity contribution in [2.75, 3.05) is 25.0 Å². The lowest BCUT2D eigenvalue weighted by atomic mass is 10.2. The maximum absolute atomic E-state index is 12.6. The van der Waals surface area contributed by atoms with Crippen molar-refractivity contribution in [2.24, 2.45) is 5.73 Å². The zero-order valence-electron chi connectivity index (χ0n) is 19.7. The number of rotatable bonds is 11. The van der Waals surface area contributed by atoms with Crippen molar-refractivity contribution >= 4 is 57.5 Å². The van der Waals surface area contributed by atoms with Crippen molar-refractivity contribution in [3.05, 3.63) is 53.0 Å². The first kappa shape index (κ1) is 27.9. The highest BCUT2D eigenvalue weighted by atomic mass is 35.5. The van der Waals surface area contributed by atoms with Crippen LogP contribution in [0.5, 0.6) is 5.75 Å². The van der Waals surface area contributed by atoms with Crippen molar-refractivity contribution in [1.29, 1.82) is 5.41 Å². The number of carbonyl (C=O) groups excluding carboxylic acids is 2. The van der Waals surface area contributed by atoms with Crippen LogP contribution in [0.15, 0.2) is 42.5 Å². The quantitative estimate of drug-likeness (QED) is 0.189. The van der Waals surface area contributed by atoms with E-state index in [1.807, 2.05) is 25.1 Å². The molecule has 0 atom stereocenters. The topological polar surface area (TPSA) is 131 Å². The van der Waals surface area contributed by atoms with Gasteiger partial charge in [0.2, 0.25) is 0 Å². The molecule has 1 amide bonds. The largest absolute Gasteiger partial charge is 0.466 e. The van der Waals surface area contributed by atoms with Gasteiger partial charge in [-0.3, -0.25) is 10.2 Å². The lowest BCUT2D eigenvalue weighted by molar-refractivity contribution is -0.143. The van der Waals surface area contributed by atoms with Crippen LogP contribution in [0.4, 0.5) is 10.5 Å². The summed E-state index contributed by atoms with van der Waals surface area (Å²) in [5.41, 5.74) is 7.80. The Morgan fingerprint density at radius 3 is 2.54 bits per heavy atom. The normalized spacial score (nSPS) is 10.3. The van der Waals surface area contributed by atoms with E-state index in [0.717, 1.165) is 27.3 Å². The first-order valence-electron chi connectivity index (χ1n) is 11.1. The van der Waals surface area contributed by atoms with E-state index in [0.29, 0.717) is 31.0 Å². The van der Waals surface area contributed by atoms with Gasteiger partial charge < -0.3 is 25.4 Å². The lowest BCUT2D eigenvalue weighted by Crippen LogP contribution is -2.36. The van der Waals surface area contributed by atoms with Crippen molar-refractivity contribution in [3.8, 4) is 5.75 Å². The zero-order valence-corrected chi connectivity index (χ0v) is 21.3. The van der Waals surface area contributed by atoms with Crippen LogP contribution >= 0.6 is 23.7 Å². The number of carbonyl (C=O) groups is 2. The predicted molar refractivity (Wildman–Crippen MR) is 141 cm³/mol. The number of nitrogen functional groups attached to an aromatic ring is 1. The highest BCUT2D eigenvalue weighted by Gasteiger charge is 2.17. The third-order valence-corrected chi connectivity index (χ3v) is 5.93. The average molecular weight is 520 g/mol. The summed E-state index contributed by atoms with van der Waals surface area (Å²) in [6.07, 6.45) is 0.371. The van der Waals surface area contributed by atoms with E-state index in [4.69, 9.17) is 20.6 Å². The molecule has 9 nitrogen and oxygen atoms in total. The third-order valence-electron chi connectivity index (χ3n) is 4.89. The van der Waals surface area contributed by atoms with E-state index in [9.17, 15) is 9.59 Å². The van der Waals surface area contributed by atoms with Gasteiger partial charge in [0.25, 0.3) is 0 Å². The molecule has 0 aliphatic rings. The van der Waals surface area contributed by atoms with Crippen molar-refractivity contribution < 1.29 is 19.1 Å². The number of thiazole rings is 1. The summed E-state index contributed by atoms with van der Waals surface area (Å²) in [5.74, 6) is 0.0987. The smallest absolute Gasteiger partial charge is 0.415 e. The molecule has 0 spiro atoms. The molecule has 1 aromatic heterocycles. The van der Waals surface area contributed by atoms with Crippen LogP contribution < -0.4 is 15.8 Å². The van der Waals surface area contributed by atoms with Crippen molar-refractivity contribution in [3.63, 3.8) is 0 Å². The molecule has 0 saturated carbocycles. The van der Waals surface area contributed by atoms with Gasteiger partial charge in [0.15, 0.2) is 0 Å². The molecule has 4 N–H and O–H groups in total. The number of nitrogens with two attached hydrogens (primary N) is 1. The molecule has 3 rings (SSSR count). The van der Waals surface area contributed by atoms with E-state index >= 15 is 0 Å². The minimum atomic E-state index is -0.503. The number of benzene rings is 2. The maximum Gasteiger partial charge on any atom is 0.415 e. The van der Waals surface area contributed by atoms with E-state index in [1.54, 1.807) is 42.5 Å². The minimum absolute atomic E-state index is 0. The number of nitrogens with one attached hydrogen (secondary N) is 2. The summed E-state index contributed by atoms with van der Waals surface area (Å²) in [6.45, 7) is 5.28. The zero-order chi connectivity index (χ0) is 24.5. The Bertz CT molecular complexity index is 1150. The van der Waals surface area contributed by atoms with Crippen LogP contribution in [0.2, 0.25) is 0 Å². The standard InChI is InChI=1S/C24H29N5O4S.ClH/c1-3-12-29(13-11-22(30)32-4-2)24(31)33-18-9-10-20-19(14-18)28-21(34-20)15-27-17-7-5-16(6-8-17)23(25)26;/h5-10,14,27H,3-4,11-13,15H2,1-2H3,(H3,25,26);1H. The summed E-state index contributed by atoms with van der Waals surface area (Å²) >= 11 is 1.55. The monoisotopic (exact) mass is 519 g/mol. The maximum atomic E-state index is 12.6. The second-order valence-electron chi connectivity index (χ2n) is 7.49. The molecule has 0 bridgehead atoms. The Balaban J connectivity index is 0.00000432. The Hall–Kier alpha value is -3.37. The second-order valence-corrected chi connectivity index (χ2v) is 8.61. The number of esters is 1.